The highest BCUT2D eigenvalue weighted by atomic mass is 32.1. The van der Waals surface area contributed by atoms with E-state index >= 15 is 0 Å². The Morgan fingerprint density at radius 1 is 1.23 bits per heavy atom. The van der Waals surface area contributed by atoms with Crippen LogP contribution in [0.25, 0.3) is 0 Å². The lowest BCUT2D eigenvalue weighted by Crippen LogP contribution is -2.41. The van der Waals surface area contributed by atoms with Crippen molar-refractivity contribution < 1.29 is 9.47 Å². The number of nitrogens with one attached hydrogen (secondary N) is 1. The van der Waals surface area contributed by atoms with Gasteiger partial charge in [0.25, 0.3) is 0 Å². The van der Waals surface area contributed by atoms with E-state index in [9.17, 15) is 0 Å². The van der Waals surface area contributed by atoms with E-state index in [1.165, 1.54) is 0 Å². The molecule has 0 unspecified atom stereocenters. The smallest absolute Gasteiger partial charge is 0.168 e. The van der Waals surface area contributed by atoms with E-state index in [1.807, 2.05) is 11.9 Å². The van der Waals surface area contributed by atoms with Crippen LogP contribution in [0, 0.1) is 0 Å². The standard InChI is InChI=1S/C8H18N2O2S/c1-9-8(13)10(4-6-11-2)5-7-12-3/h4-7H2,1-3H3,(H,9,13). The molecule has 0 aliphatic heterocycles. The molecule has 0 atom stereocenters. The highest BCUT2D eigenvalue weighted by Gasteiger charge is 2.06. The van der Waals surface area contributed by atoms with Crippen LogP contribution in [-0.2, 0) is 9.47 Å². The van der Waals surface area contributed by atoms with Gasteiger partial charge in [-0.25, -0.2) is 0 Å². The molecule has 0 fully saturated rings. The molecule has 13 heavy (non-hydrogen) atoms. The fourth-order valence-corrected chi connectivity index (χ4v) is 1.06. The van der Waals surface area contributed by atoms with Crippen molar-refractivity contribution in [3.8, 4) is 0 Å². The van der Waals surface area contributed by atoms with Crippen molar-refractivity contribution in [2.45, 2.75) is 0 Å². The van der Waals surface area contributed by atoms with E-state index in [0.29, 0.717) is 13.2 Å². The molecule has 0 saturated heterocycles. The molecule has 0 rings (SSSR count). The Labute approximate surface area is 85.2 Å². The molecule has 0 bridgehead atoms. The lowest BCUT2D eigenvalue weighted by atomic mass is 10.5. The second-order valence-corrected chi connectivity index (χ2v) is 2.91. The van der Waals surface area contributed by atoms with Crippen LogP contribution < -0.4 is 5.32 Å². The van der Waals surface area contributed by atoms with E-state index < -0.39 is 0 Å². The van der Waals surface area contributed by atoms with Crippen molar-refractivity contribution >= 4 is 17.3 Å². The maximum atomic E-state index is 5.11. The van der Waals surface area contributed by atoms with E-state index in [0.717, 1.165) is 18.2 Å². The lowest BCUT2D eigenvalue weighted by Gasteiger charge is -2.23. The summed E-state index contributed by atoms with van der Waals surface area (Å²) in [6, 6.07) is 0. The van der Waals surface area contributed by atoms with Crippen molar-refractivity contribution in [1.82, 2.24) is 10.2 Å². The molecule has 0 aromatic carbocycles. The number of ether oxygens (including phenoxy) is 2. The van der Waals surface area contributed by atoms with Crippen LogP contribution in [0.5, 0.6) is 0 Å². The Kier molecular flexibility index (Phi) is 7.97. The number of hydrogen-bond donors (Lipinski definition) is 1. The van der Waals surface area contributed by atoms with Gasteiger partial charge in [-0.05, 0) is 12.2 Å². The van der Waals surface area contributed by atoms with Crippen LogP contribution in [0.4, 0.5) is 0 Å². The molecule has 0 aliphatic carbocycles. The second-order valence-electron chi connectivity index (χ2n) is 2.53. The molecule has 0 aromatic heterocycles. The van der Waals surface area contributed by atoms with Crippen LogP contribution in [-0.4, -0.2) is 57.6 Å². The normalized spacial score (nSPS) is 9.77. The fraction of sp³-hybridized carbons (Fsp3) is 0.875. The molecule has 1 N–H and O–H groups in total. The highest BCUT2D eigenvalue weighted by Crippen LogP contribution is 1.90. The monoisotopic (exact) mass is 206 g/mol. The molecule has 0 aliphatic rings. The predicted molar refractivity (Wildman–Crippen MR) is 57.0 cm³/mol. The highest BCUT2D eigenvalue weighted by molar-refractivity contribution is 7.80. The Balaban J connectivity index is 3.79. The molecule has 0 heterocycles. The molecule has 0 saturated carbocycles. The van der Waals surface area contributed by atoms with E-state index in [4.69, 9.17) is 21.7 Å². The van der Waals surface area contributed by atoms with Crippen molar-refractivity contribution in [2.75, 3.05) is 47.6 Å². The number of methoxy groups -OCH3 is 2. The second kappa shape index (κ2) is 8.22. The quantitative estimate of drug-likeness (QED) is 0.623. The summed E-state index contributed by atoms with van der Waals surface area (Å²) in [5.74, 6) is 0. The third kappa shape index (κ3) is 5.79. The Bertz CT molecular complexity index is 136. The van der Waals surface area contributed by atoms with Crippen molar-refractivity contribution in [3.63, 3.8) is 0 Å². The fourth-order valence-electron chi connectivity index (χ4n) is 0.876. The topological polar surface area (TPSA) is 33.7 Å². The summed E-state index contributed by atoms with van der Waals surface area (Å²) in [6.45, 7) is 2.93. The molecule has 0 aromatic rings. The molecular weight excluding hydrogens is 188 g/mol. The molecule has 78 valence electrons. The summed E-state index contributed by atoms with van der Waals surface area (Å²) >= 11 is 5.11. The number of thiocarbonyl (C=S) groups is 1. The molecule has 0 amide bonds. The SMILES string of the molecule is CNC(=S)N(CCOC)CCOC. The Hall–Kier alpha value is -0.390. The molecule has 5 heteroatoms. The van der Waals surface area contributed by atoms with Gasteiger partial charge in [-0.15, -0.1) is 0 Å². The van der Waals surface area contributed by atoms with Gasteiger partial charge in [-0.1, -0.05) is 0 Å². The summed E-state index contributed by atoms with van der Waals surface area (Å²) < 4.78 is 9.95. The summed E-state index contributed by atoms with van der Waals surface area (Å²) in [4.78, 5) is 2.02. The van der Waals surface area contributed by atoms with Gasteiger partial charge < -0.3 is 19.7 Å². The maximum absolute atomic E-state index is 5.11. The van der Waals surface area contributed by atoms with Crippen LogP contribution in [0.2, 0.25) is 0 Å². The molecule has 0 spiro atoms. The zero-order valence-corrected chi connectivity index (χ0v) is 9.32. The Morgan fingerprint density at radius 2 is 1.69 bits per heavy atom. The van der Waals surface area contributed by atoms with Crippen molar-refractivity contribution in [3.05, 3.63) is 0 Å². The number of hydrogen-bond acceptors (Lipinski definition) is 3. The van der Waals surface area contributed by atoms with E-state index in [-0.39, 0.29) is 0 Å². The molecule has 4 nitrogen and oxygen atoms in total. The average molecular weight is 206 g/mol. The van der Waals surface area contributed by atoms with Crippen molar-refractivity contribution in [2.24, 2.45) is 0 Å². The van der Waals surface area contributed by atoms with Gasteiger partial charge in [0.15, 0.2) is 5.11 Å². The van der Waals surface area contributed by atoms with E-state index in [2.05, 4.69) is 5.32 Å². The van der Waals surface area contributed by atoms with Crippen LogP contribution >= 0.6 is 12.2 Å². The third-order valence-electron chi connectivity index (χ3n) is 1.63. The summed E-state index contributed by atoms with van der Waals surface area (Å²) in [5, 5.41) is 3.66. The van der Waals surface area contributed by atoms with Crippen molar-refractivity contribution in [1.29, 1.82) is 0 Å². The first-order valence-corrected chi connectivity index (χ1v) is 4.61. The van der Waals surface area contributed by atoms with Crippen LogP contribution in [0.3, 0.4) is 0 Å². The van der Waals surface area contributed by atoms with Gasteiger partial charge in [0.1, 0.15) is 0 Å². The van der Waals surface area contributed by atoms with Gasteiger partial charge in [-0.3, -0.25) is 0 Å². The predicted octanol–water partition coefficient (Wildman–Crippen LogP) is 0.0855. The minimum Gasteiger partial charge on any atom is -0.383 e. The maximum Gasteiger partial charge on any atom is 0.168 e. The molecular formula is C8H18N2O2S. The van der Waals surface area contributed by atoms with E-state index in [1.54, 1.807) is 14.2 Å². The first-order valence-electron chi connectivity index (χ1n) is 4.20. The zero-order valence-electron chi connectivity index (χ0n) is 8.50. The first-order chi connectivity index (χ1) is 6.26. The average Bonchev–Trinajstić information content (AvgIpc) is 2.17. The largest absolute Gasteiger partial charge is 0.383 e. The summed E-state index contributed by atoms with van der Waals surface area (Å²) in [7, 11) is 5.17. The first kappa shape index (κ1) is 12.6. The van der Waals surface area contributed by atoms with Gasteiger partial charge in [0, 0.05) is 34.4 Å². The van der Waals surface area contributed by atoms with Crippen LogP contribution in [0.15, 0.2) is 0 Å². The van der Waals surface area contributed by atoms with Gasteiger partial charge in [0.2, 0.25) is 0 Å². The minimum absolute atomic E-state index is 0.672. The van der Waals surface area contributed by atoms with Gasteiger partial charge in [-0.2, -0.15) is 0 Å². The van der Waals surface area contributed by atoms with Gasteiger partial charge >= 0.3 is 0 Å². The lowest BCUT2D eigenvalue weighted by molar-refractivity contribution is 0.146. The third-order valence-corrected chi connectivity index (χ3v) is 2.09. The minimum atomic E-state index is 0.672. The summed E-state index contributed by atoms with van der Waals surface area (Å²) in [5.41, 5.74) is 0. The summed E-state index contributed by atoms with van der Waals surface area (Å²) in [6.07, 6.45) is 0. The van der Waals surface area contributed by atoms with Gasteiger partial charge in [0.05, 0.1) is 13.2 Å². The number of nitrogens with zero attached hydrogens (tertiary/aromatic N) is 1. The number of rotatable bonds is 6. The Morgan fingerprint density at radius 3 is 2.00 bits per heavy atom. The zero-order chi connectivity index (χ0) is 10.1. The molecule has 0 radical (unpaired) electrons. The van der Waals surface area contributed by atoms with Crippen LogP contribution in [0.1, 0.15) is 0 Å².